The molecule has 10 heteroatoms. The van der Waals surface area contributed by atoms with Gasteiger partial charge in [0, 0.05) is 47.2 Å². The number of nitro benzene ring substituents is 2. The number of benzene rings is 2. The summed E-state index contributed by atoms with van der Waals surface area (Å²) in [6, 6.07) is 9.08. The maximum atomic E-state index is 12.1. The van der Waals surface area contributed by atoms with Crippen LogP contribution in [0.2, 0.25) is 0 Å². The minimum atomic E-state index is -0.880. The normalized spacial score (nSPS) is 10.0. The van der Waals surface area contributed by atoms with Gasteiger partial charge >= 0.3 is 0 Å². The molecule has 0 aliphatic rings. The van der Waals surface area contributed by atoms with Crippen molar-refractivity contribution < 1.29 is 19.4 Å². The van der Waals surface area contributed by atoms with Crippen LogP contribution < -0.4 is 0 Å². The molecule has 0 heterocycles. The third kappa shape index (κ3) is 3.52. The van der Waals surface area contributed by atoms with E-state index in [9.17, 15) is 29.8 Å². The first-order chi connectivity index (χ1) is 11.3. The second-order valence-corrected chi connectivity index (χ2v) is 4.84. The van der Waals surface area contributed by atoms with Gasteiger partial charge in [-0.05, 0) is 24.3 Å². The number of hydrogen-bond acceptors (Lipinski definition) is 6. The van der Waals surface area contributed by atoms with Crippen LogP contribution in [0.1, 0.15) is 20.7 Å². The highest BCUT2D eigenvalue weighted by Gasteiger charge is 2.23. The van der Waals surface area contributed by atoms with Gasteiger partial charge in [0.2, 0.25) is 0 Å². The molecule has 122 valence electrons. The third-order valence-electron chi connectivity index (χ3n) is 3.01. The van der Waals surface area contributed by atoms with Gasteiger partial charge in [-0.15, -0.1) is 0 Å². The van der Waals surface area contributed by atoms with Crippen molar-refractivity contribution in [2.24, 2.45) is 0 Å². The lowest BCUT2D eigenvalue weighted by Gasteiger charge is -2.12. The summed E-state index contributed by atoms with van der Waals surface area (Å²) in [4.78, 5) is 44.1. The average molecular weight is 350 g/mol. The Morgan fingerprint density at radius 1 is 0.750 bits per heavy atom. The largest absolute Gasteiger partial charge is 0.275 e. The highest BCUT2D eigenvalue weighted by atomic mass is 35.5. The summed E-state index contributed by atoms with van der Waals surface area (Å²) in [7, 11) is 0. The molecule has 0 atom stereocenters. The zero-order valence-electron chi connectivity index (χ0n) is 11.8. The van der Waals surface area contributed by atoms with Gasteiger partial charge in [-0.25, -0.2) is 0 Å². The van der Waals surface area contributed by atoms with E-state index in [1.165, 1.54) is 24.3 Å². The van der Waals surface area contributed by atoms with Gasteiger partial charge in [-0.2, -0.15) is 4.42 Å². The van der Waals surface area contributed by atoms with Crippen LogP contribution >= 0.6 is 11.8 Å². The molecule has 0 aliphatic heterocycles. The van der Waals surface area contributed by atoms with Crippen LogP contribution in [0.25, 0.3) is 0 Å². The van der Waals surface area contributed by atoms with E-state index in [0.29, 0.717) is 4.42 Å². The fourth-order valence-electron chi connectivity index (χ4n) is 1.77. The lowest BCUT2D eigenvalue weighted by Crippen LogP contribution is -2.28. The number of carbonyl (C=O) groups excluding carboxylic acids is 2. The monoisotopic (exact) mass is 349 g/mol. The molecule has 0 saturated carbocycles. The van der Waals surface area contributed by atoms with Crippen molar-refractivity contribution >= 4 is 35.0 Å². The van der Waals surface area contributed by atoms with Crippen molar-refractivity contribution in [1.29, 1.82) is 0 Å². The Balaban J connectivity index is 2.18. The molecule has 0 N–H and O–H groups in total. The molecule has 0 radical (unpaired) electrons. The molecule has 2 rings (SSSR count). The highest BCUT2D eigenvalue weighted by Crippen LogP contribution is 2.18. The number of nitrogens with zero attached hydrogens (tertiary/aromatic N) is 3. The molecule has 0 aromatic heterocycles. The van der Waals surface area contributed by atoms with Crippen molar-refractivity contribution in [3.05, 3.63) is 79.9 Å². The second-order valence-electron chi connectivity index (χ2n) is 4.50. The van der Waals surface area contributed by atoms with Crippen LogP contribution in [0.5, 0.6) is 0 Å². The lowest BCUT2D eigenvalue weighted by atomic mass is 10.1. The van der Waals surface area contributed by atoms with Gasteiger partial charge in [0.1, 0.15) is 0 Å². The van der Waals surface area contributed by atoms with Gasteiger partial charge in [0.15, 0.2) is 0 Å². The van der Waals surface area contributed by atoms with Crippen molar-refractivity contribution in [3.8, 4) is 0 Å². The molecule has 24 heavy (non-hydrogen) atoms. The molecule has 0 unspecified atom stereocenters. The highest BCUT2D eigenvalue weighted by molar-refractivity contribution is 6.34. The summed E-state index contributed by atoms with van der Waals surface area (Å²) in [5.41, 5.74) is -0.472. The quantitative estimate of drug-likeness (QED) is 0.361. The summed E-state index contributed by atoms with van der Waals surface area (Å²) < 4.78 is 0.308. The summed E-state index contributed by atoms with van der Waals surface area (Å²) in [6.45, 7) is 0. The minimum Gasteiger partial charge on any atom is -0.267 e. The number of hydrogen-bond donors (Lipinski definition) is 0. The second kappa shape index (κ2) is 6.84. The maximum absolute atomic E-state index is 12.1. The maximum Gasteiger partial charge on any atom is 0.275 e. The topological polar surface area (TPSA) is 124 Å². The summed E-state index contributed by atoms with van der Waals surface area (Å²) >= 11 is 5.72. The predicted molar refractivity (Wildman–Crippen MR) is 82.5 cm³/mol. The molecule has 0 spiro atoms. The number of nitro groups is 2. The molecule has 2 amide bonds. The molecule has 0 aliphatic carbocycles. The van der Waals surface area contributed by atoms with E-state index in [4.69, 9.17) is 11.8 Å². The number of non-ortho nitro benzene ring substituents is 2. The standard InChI is InChI=1S/C14H8ClN3O6/c15-16(13(19)9-1-5-11(6-2-9)17(21)22)14(20)10-3-7-12(8-4-10)18(23)24/h1-8H. The zero-order chi connectivity index (χ0) is 17.9. The molecule has 0 bridgehead atoms. The van der Waals surface area contributed by atoms with E-state index >= 15 is 0 Å². The molecule has 0 fully saturated rings. The molecular formula is C14H8ClN3O6. The Morgan fingerprint density at radius 3 is 1.29 bits per heavy atom. The van der Waals surface area contributed by atoms with E-state index in [-0.39, 0.29) is 22.5 Å². The first kappa shape index (κ1) is 17.0. The Labute approximate surface area is 139 Å². The summed E-state index contributed by atoms with van der Waals surface area (Å²) in [6.07, 6.45) is 0. The van der Waals surface area contributed by atoms with E-state index in [1.807, 2.05) is 0 Å². The van der Waals surface area contributed by atoms with E-state index in [0.717, 1.165) is 24.3 Å². The van der Waals surface area contributed by atoms with Gasteiger partial charge in [0.05, 0.1) is 9.85 Å². The van der Waals surface area contributed by atoms with E-state index in [2.05, 4.69) is 0 Å². The van der Waals surface area contributed by atoms with Gasteiger partial charge in [-0.1, -0.05) is 0 Å². The summed E-state index contributed by atoms with van der Waals surface area (Å²) in [5, 5.41) is 21.1. The smallest absolute Gasteiger partial charge is 0.267 e. The Morgan fingerprint density at radius 2 is 1.04 bits per heavy atom. The van der Waals surface area contributed by atoms with Crippen LogP contribution in [0.4, 0.5) is 11.4 Å². The number of carbonyl (C=O) groups is 2. The molecule has 9 nitrogen and oxygen atoms in total. The molecule has 2 aromatic rings. The number of amides is 2. The number of rotatable bonds is 4. The average Bonchev–Trinajstić information content (AvgIpc) is 2.60. The SMILES string of the molecule is O=C(c1ccc([N+](=O)[O-])cc1)N(Cl)C(=O)c1ccc([N+](=O)[O-])cc1. The van der Waals surface area contributed by atoms with Crippen LogP contribution in [-0.2, 0) is 0 Å². The lowest BCUT2D eigenvalue weighted by molar-refractivity contribution is -0.385. The molecular weight excluding hydrogens is 342 g/mol. The van der Waals surface area contributed by atoms with Crippen LogP contribution in [0, 0.1) is 20.2 Å². The Hall–Kier alpha value is -3.33. The third-order valence-corrected chi connectivity index (χ3v) is 3.31. The first-order valence-electron chi connectivity index (χ1n) is 6.34. The van der Waals surface area contributed by atoms with Crippen LogP contribution in [0.3, 0.4) is 0 Å². The molecule has 0 saturated heterocycles. The van der Waals surface area contributed by atoms with Crippen LogP contribution in [-0.4, -0.2) is 26.1 Å². The van der Waals surface area contributed by atoms with Crippen molar-refractivity contribution in [2.75, 3.05) is 0 Å². The number of halogens is 1. The predicted octanol–water partition coefficient (Wildman–Crippen LogP) is 2.94. The van der Waals surface area contributed by atoms with Gasteiger partial charge in [-0.3, -0.25) is 29.8 Å². The first-order valence-corrected chi connectivity index (χ1v) is 6.68. The van der Waals surface area contributed by atoms with Crippen molar-refractivity contribution in [3.63, 3.8) is 0 Å². The fraction of sp³-hybridized carbons (Fsp3) is 0. The van der Waals surface area contributed by atoms with Crippen LogP contribution in [0.15, 0.2) is 48.5 Å². The van der Waals surface area contributed by atoms with Gasteiger partial charge in [0.25, 0.3) is 23.2 Å². The minimum absolute atomic E-state index is 0.0224. The number of imide groups is 1. The van der Waals surface area contributed by atoms with E-state index in [1.54, 1.807) is 0 Å². The summed E-state index contributed by atoms with van der Waals surface area (Å²) in [5.74, 6) is -1.76. The Bertz CT molecular complexity index is 750. The fourth-order valence-corrected chi connectivity index (χ4v) is 1.97. The van der Waals surface area contributed by atoms with E-state index < -0.39 is 21.7 Å². The van der Waals surface area contributed by atoms with Gasteiger partial charge < -0.3 is 0 Å². The van der Waals surface area contributed by atoms with Crippen molar-refractivity contribution in [2.45, 2.75) is 0 Å². The molecule has 2 aromatic carbocycles. The zero-order valence-corrected chi connectivity index (χ0v) is 12.5. The Kier molecular flexibility index (Phi) is 4.85. The van der Waals surface area contributed by atoms with Crippen molar-refractivity contribution in [1.82, 2.24) is 4.42 Å².